The Balaban J connectivity index is 2.12. The first-order valence-corrected chi connectivity index (χ1v) is 7.19. The molecule has 4 heteroatoms. The van der Waals surface area contributed by atoms with Gasteiger partial charge in [0.2, 0.25) is 10.0 Å². The maximum Gasteiger partial charge on any atom is 0.211 e. The van der Waals surface area contributed by atoms with Gasteiger partial charge in [0, 0.05) is 13.1 Å². The fourth-order valence-electron chi connectivity index (χ4n) is 3.09. The lowest BCUT2D eigenvalue weighted by Gasteiger charge is -2.19. The molecule has 0 spiro atoms. The average Bonchev–Trinajstić information content (AvgIpc) is 2.54. The van der Waals surface area contributed by atoms with Crippen molar-refractivity contribution in [2.24, 2.45) is 23.7 Å². The van der Waals surface area contributed by atoms with Crippen molar-refractivity contribution in [2.75, 3.05) is 19.3 Å². The van der Waals surface area contributed by atoms with Gasteiger partial charge in [0.05, 0.1) is 6.26 Å². The van der Waals surface area contributed by atoms with Crippen molar-refractivity contribution in [1.82, 2.24) is 4.31 Å². The summed E-state index contributed by atoms with van der Waals surface area (Å²) in [7, 11) is -2.95. The normalized spacial score (nSPS) is 44.2. The van der Waals surface area contributed by atoms with E-state index in [4.69, 9.17) is 0 Å². The van der Waals surface area contributed by atoms with Crippen LogP contribution in [0, 0.1) is 23.7 Å². The molecule has 14 heavy (non-hydrogen) atoms. The van der Waals surface area contributed by atoms with E-state index in [1.54, 1.807) is 4.31 Å². The number of hydrogen-bond acceptors (Lipinski definition) is 2. The minimum atomic E-state index is -2.95. The summed E-state index contributed by atoms with van der Waals surface area (Å²) in [4.78, 5) is 0. The Morgan fingerprint density at radius 2 is 1.86 bits per heavy atom. The maximum absolute atomic E-state index is 11.4. The standard InChI is InChI=1S/C10H19NO2S/c1-7-4-9-5-11(14(3,12)13)6-10(9)8(7)2/h7-10H,4-6H2,1-3H3. The van der Waals surface area contributed by atoms with E-state index in [9.17, 15) is 8.42 Å². The topological polar surface area (TPSA) is 37.4 Å². The summed E-state index contributed by atoms with van der Waals surface area (Å²) in [5.74, 6) is 2.69. The minimum absolute atomic E-state index is 0.611. The van der Waals surface area contributed by atoms with Crippen LogP contribution in [0.15, 0.2) is 0 Å². The molecule has 4 atom stereocenters. The van der Waals surface area contributed by atoms with Crippen LogP contribution in [-0.4, -0.2) is 32.1 Å². The van der Waals surface area contributed by atoms with E-state index in [0.29, 0.717) is 17.8 Å². The number of rotatable bonds is 1. The lowest BCUT2D eigenvalue weighted by Crippen LogP contribution is -2.29. The average molecular weight is 217 g/mol. The molecule has 2 aliphatic rings. The van der Waals surface area contributed by atoms with Crippen LogP contribution in [0.3, 0.4) is 0 Å². The molecule has 82 valence electrons. The molecule has 1 saturated carbocycles. The Hall–Kier alpha value is -0.0900. The predicted molar refractivity (Wildman–Crippen MR) is 56.3 cm³/mol. The number of fused-ring (bicyclic) bond motifs is 1. The fraction of sp³-hybridized carbons (Fsp3) is 1.00. The highest BCUT2D eigenvalue weighted by Gasteiger charge is 2.46. The largest absolute Gasteiger partial charge is 0.213 e. The lowest BCUT2D eigenvalue weighted by molar-refractivity contribution is 0.336. The third kappa shape index (κ3) is 1.58. The molecular weight excluding hydrogens is 198 g/mol. The van der Waals surface area contributed by atoms with Gasteiger partial charge in [-0.05, 0) is 30.1 Å². The Labute approximate surface area is 86.5 Å². The number of hydrogen-bond donors (Lipinski definition) is 0. The molecule has 0 radical (unpaired) electrons. The molecule has 0 amide bonds. The molecule has 0 aromatic rings. The molecule has 1 aliphatic carbocycles. The van der Waals surface area contributed by atoms with E-state index in [-0.39, 0.29) is 0 Å². The van der Waals surface area contributed by atoms with Crippen LogP contribution in [0.1, 0.15) is 20.3 Å². The van der Waals surface area contributed by atoms with E-state index in [2.05, 4.69) is 13.8 Å². The summed E-state index contributed by atoms with van der Waals surface area (Å²) < 4.78 is 24.4. The highest BCUT2D eigenvalue weighted by Crippen LogP contribution is 2.45. The van der Waals surface area contributed by atoms with Crippen molar-refractivity contribution < 1.29 is 8.42 Å². The van der Waals surface area contributed by atoms with Crippen molar-refractivity contribution in [3.05, 3.63) is 0 Å². The molecule has 0 aromatic carbocycles. The molecule has 3 nitrogen and oxygen atoms in total. The van der Waals surface area contributed by atoms with Crippen LogP contribution >= 0.6 is 0 Å². The molecule has 1 aliphatic heterocycles. The van der Waals surface area contributed by atoms with Crippen molar-refractivity contribution >= 4 is 10.0 Å². The Kier molecular flexibility index (Phi) is 2.39. The van der Waals surface area contributed by atoms with Crippen molar-refractivity contribution in [3.63, 3.8) is 0 Å². The zero-order chi connectivity index (χ0) is 10.5. The summed E-state index contributed by atoms with van der Waals surface area (Å²) in [6.45, 7) is 6.07. The van der Waals surface area contributed by atoms with Crippen LogP contribution in [0.2, 0.25) is 0 Å². The van der Waals surface area contributed by atoms with E-state index in [1.807, 2.05) is 0 Å². The van der Waals surface area contributed by atoms with E-state index >= 15 is 0 Å². The second kappa shape index (κ2) is 3.20. The molecular formula is C10H19NO2S. The number of nitrogens with zero attached hydrogens (tertiary/aromatic N) is 1. The van der Waals surface area contributed by atoms with E-state index < -0.39 is 10.0 Å². The van der Waals surface area contributed by atoms with E-state index in [1.165, 1.54) is 12.7 Å². The minimum Gasteiger partial charge on any atom is -0.213 e. The summed E-state index contributed by atoms with van der Waals surface area (Å²) in [5, 5.41) is 0. The van der Waals surface area contributed by atoms with Gasteiger partial charge in [-0.25, -0.2) is 12.7 Å². The van der Waals surface area contributed by atoms with Crippen LogP contribution in [0.25, 0.3) is 0 Å². The van der Waals surface area contributed by atoms with Crippen molar-refractivity contribution in [2.45, 2.75) is 20.3 Å². The second-order valence-corrected chi connectivity index (χ2v) is 7.06. The first-order chi connectivity index (χ1) is 6.39. The monoisotopic (exact) mass is 217 g/mol. The van der Waals surface area contributed by atoms with Crippen LogP contribution in [0.4, 0.5) is 0 Å². The zero-order valence-electron chi connectivity index (χ0n) is 9.10. The van der Waals surface area contributed by atoms with Gasteiger partial charge in [-0.3, -0.25) is 0 Å². The highest BCUT2D eigenvalue weighted by atomic mass is 32.2. The first kappa shape index (κ1) is 10.4. The quantitative estimate of drug-likeness (QED) is 0.661. The summed E-state index contributed by atoms with van der Waals surface area (Å²) in [6.07, 6.45) is 2.53. The van der Waals surface area contributed by atoms with Crippen LogP contribution in [0.5, 0.6) is 0 Å². The van der Waals surface area contributed by atoms with Gasteiger partial charge in [0.25, 0.3) is 0 Å². The van der Waals surface area contributed by atoms with Crippen molar-refractivity contribution in [1.29, 1.82) is 0 Å². The predicted octanol–water partition coefficient (Wildman–Crippen LogP) is 1.17. The molecule has 2 rings (SSSR count). The van der Waals surface area contributed by atoms with Gasteiger partial charge >= 0.3 is 0 Å². The highest BCUT2D eigenvalue weighted by molar-refractivity contribution is 7.88. The Morgan fingerprint density at radius 1 is 1.21 bits per heavy atom. The third-order valence-corrected chi connectivity index (χ3v) is 5.41. The van der Waals surface area contributed by atoms with Gasteiger partial charge in [0.15, 0.2) is 0 Å². The van der Waals surface area contributed by atoms with Crippen LogP contribution < -0.4 is 0 Å². The maximum atomic E-state index is 11.4. The van der Waals surface area contributed by atoms with Crippen LogP contribution in [-0.2, 0) is 10.0 Å². The van der Waals surface area contributed by atoms with Gasteiger partial charge in [-0.15, -0.1) is 0 Å². The SMILES string of the molecule is CC1CC2CN(S(C)(=O)=O)CC2C1C. The zero-order valence-corrected chi connectivity index (χ0v) is 9.92. The van der Waals surface area contributed by atoms with Gasteiger partial charge in [-0.2, -0.15) is 0 Å². The number of sulfonamides is 1. The first-order valence-electron chi connectivity index (χ1n) is 5.34. The molecule has 4 unspecified atom stereocenters. The molecule has 0 N–H and O–H groups in total. The molecule has 0 aromatic heterocycles. The molecule has 1 saturated heterocycles. The molecule has 2 fully saturated rings. The summed E-state index contributed by atoms with van der Waals surface area (Å²) >= 11 is 0. The van der Waals surface area contributed by atoms with Gasteiger partial charge in [0.1, 0.15) is 0 Å². The van der Waals surface area contributed by atoms with Gasteiger partial charge in [-0.1, -0.05) is 13.8 Å². The summed E-state index contributed by atoms with van der Waals surface area (Å²) in [6, 6.07) is 0. The lowest BCUT2D eigenvalue weighted by atomic mass is 9.91. The van der Waals surface area contributed by atoms with Gasteiger partial charge < -0.3 is 0 Å². The fourth-order valence-corrected chi connectivity index (χ4v) is 3.99. The molecule has 0 bridgehead atoms. The smallest absolute Gasteiger partial charge is 0.211 e. The molecule has 1 heterocycles. The summed E-state index contributed by atoms with van der Waals surface area (Å²) in [5.41, 5.74) is 0. The third-order valence-electron chi connectivity index (χ3n) is 4.17. The van der Waals surface area contributed by atoms with Crippen molar-refractivity contribution in [3.8, 4) is 0 Å². The second-order valence-electron chi connectivity index (χ2n) is 5.08. The Morgan fingerprint density at radius 3 is 2.36 bits per heavy atom. The Bertz CT molecular complexity index is 325. The van der Waals surface area contributed by atoms with E-state index in [0.717, 1.165) is 19.0 Å².